The molecule has 1 heterocycles. The van der Waals surface area contributed by atoms with Gasteiger partial charge in [0.05, 0.1) is 6.61 Å². The van der Waals surface area contributed by atoms with Crippen molar-refractivity contribution in [3.8, 4) is 0 Å². The zero-order valence-corrected chi connectivity index (χ0v) is 11.9. The van der Waals surface area contributed by atoms with Crippen LogP contribution in [0, 0.1) is 5.92 Å². The number of furan rings is 1. The summed E-state index contributed by atoms with van der Waals surface area (Å²) in [6, 6.07) is 2.26. The van der Waals surface area contributed by atoms with Crippen LogP contribution in [0.5, 0.6) is 0 Å². The van der Waals surface area contributed by atoms with Crippen molar-refractivity contribution in [2.45, 2.75) is 17.9 Å². The van der Waals surface area contributed by atoms with E-state index < -0.39 is 21.8 Å². The van der Waals surface area contributed by atoms with Crippen LogP contribution in [-0.2, 0) is 14.8 Å². The number of nitrogens with zero attached hydrogens (tertiary/aromatic N) is 1. The van der Waals surface area contributed by atoms with E-state index in [0.29, 0.717) is 19.1 Å². The first-order valence-corrected chi connectivity index (χ1v) is 7.72. The Hall–Kier alpha value is -1.38. The summed E-state index contributed by atoms with van der Waals surface area (Å²) in [5.41, 5.74) is 0. The smallest absolute Gasteiger partial charge is 0.371 e. The highest BCUT2D eigenvalue weighted by Crippen LogP contribution is 2.28. The van der Waals surface area contributed by atoms with Gasteiger partial charge in [0.25, 0.3) is 10.0 Å². The van der Waals surface area contributed by atoms with Gasteiger partial charge in [-0.15, -0.1) is 0 Å². The van der Waals surface area contributed by atoms with Gasteiger partial charge in [-0.3, -0.25) is 0 Å². The second-order valence-electron chi connectivity index (χ2n) is 4.77. The quantitative estimate of drug-likeness (QED) is 0.720. The van der Waals surface area contributed by atoms with Gasteiger partial charge in [0.1, 0.15) is 0 Å². The zero-order chi connectivity index (χ0) is 14.8. The van der Waals surface area contributed by atoms with Crippen molar-refractivity contribution in [2.24, 2.45) is 5.92 Å². The molecule has 7 nitrogen and oxygen atoms in total. The largest absolute Gasteiger partial charge is 0.475 e. The van der Waals surface area contributed by atoms with E-state index in [2.05, 4.69) is 0 Å². The van der Waals surface area contributed by atoms with Gasteiger partial charge in [-0.05, 0) is 30.9 Å². The van der Waals surface area contributed by atoms with E-state index in [1.807, 2.05) is 0 Å². The van der Waals surface area contributed by atoms with Gasteiger partial charge in [-0.25, -0.2) is 13.2 Å². The topological polar surface area (TPSA) is 97.0 Å². The number of carbonyl (C=O) groups is 1. The number of sulfonamides is 1. The first-order valence-electron chi connectivity index (χ1n) is 6.28. The van der Waals surface area contributed by atoms with Crippen molar-refractivity contribution in [3.05, 3.63) is 17.9 Å². The van der Waals surface area contributed by atoms with Gasteiger partial charge in [-0.2, -0.15) is 4.31 Å². The second kappa shape index (κ2) is 5.94. The van der Waals surface area contributed by atoms with E-state index in [9.17, 15) is 13.2 Å². The molecule has 0 atom stereocenters. The lowest BCUT2D eigenvalue weighted by Crippen LogP contribution is -2.30. The molecular weight excluding hydrogens is 286 g/mol. The molecule has 20 heavy (non-hydrogen) atoms. The van der Waals surface area contributed by atoms with Crippen molar-refractivity contribution in [1.82, 2.24) is 4.31 Å². The van der Waals surface area contributed by atoms with Crippen molar-refractivity contribution >= 4 is 16.0 Å². The molecule has 2 rings (SSSR count). The van der Waals surface area contributed by atoms with Gasteiger partial charge in [0.2, 0.25) is 10.9 Å². The molecule has 0 bridgehead atoms. The normalized spacial score (nSPS) is 15.7. The molecule has 0 aromatic carbocycles. The molecule has 0 saturated heterocycles. The molecule has 0 radical (unpaired) electrons. The summed E-state index contributed by atoms with van der Waals surface area (Å²) < 4.78 is 35.5. The Labute approximate surface area is 117 Å². The number of hydrogen-bond acceptors (Lipinski definition) is 5. The van der Waals surface area contributed by atoms with Crippen LogP contribution in [0.2, 0.25) is 0 Å². The monoisotopic (exact) mass is 303 g/mol. The fourth-order valence-electron chi connectivity index (χ4n) is 1.58. The van der Waals surface area contributed by atoms with Crippen LogP contribution in [-0.4, -0.2) is 50.6 Å². The number of carboxylic acids is 1. The van der Waals surface area contributed by atoms with Crippen LogP contribution in [0.25, 0.3) is 0 Å². The lowest BCUT2D eigenvalue weighted by Gasteiger charge is -2.15. The minimum atomic E-state index is -3.81. The number of carboxylic acid groups (broad SMARTS) is 1. The summed E-state index contributed by atoms with van der Waals surface area (Å²) in [5.74, 6) is -1.08. The lowest BCUT2D eigenvalue weighted by atomic mass is 10.5. The van der Waals surface area contributed by atoms with E-state index in [-0.39, 0.29) is 11.6 Å². The fourth-order valence-corrected chi connectivity index (χ4v) is 2.63. The third-order valence-corrected chi connectivity index (χ3v) is 4.79. The fraction of sp³-hybridized carbons (Fsp3) is 0.583. The van der Waals surface area contributed by atoms with Crippen LogP contribution in [0.4, 0.5) is 0 Å². The molecule has 1 aromatic heterocycles. The van der Waals surface area contributed by atoms with Crippen molar-refractivity contribution in [3.63, 3.8) is 0 Å². The van der Waals surface area contributed by atoms with Crippen LogP contribution in [0.15, 0.2) is 21.6 Å². The van der Waals surface area contributed by atoms with Crippen molar-refractivity contribution in [2.75, 3.05) is 26.8 Å². The molecule has 0 amide bonds. The van der Waals surface area contributed by atoms with Gasteiger partial charge in [-0.1, -0.05) is 0 Å². The summed E-state index contributed by atoms with van der Waals surface area (Å²) in [6.07, 6.45) is 2.36. The predicted octanol–water partition coefficient (Wildman–Crippen LogP) is 1.02. The standard InChI is InChI=1S/C12H17NO6S/c1-13(6-7-18-8-9-2-3-9)20(16,17)11-5-4-10(19-11)12(14)15/h4-5,9H,2-3,6-8H2,1H3,(H,14,15). The molecule has 112 valence electrons. The zero-order valence-electron chi connectivity index (χ0n) is 11.1. The average Bonchev–Trinajstić information content (AvgIpc) is 3.06. The minimum Gasteiger partial charge on any atom is -0.475 e. The Kier molecular flexibility index (Phi) is 4.46. The first kappa shape index (κ1) is 15.0. The Morgan fingerprint density at radius 1 is 1.50 bits per heavy atom. The predicted molar refractivity (Wildman–Crippen MR) is 69.0 cm³/mol. The highest BCUT2D eigenvalue weighted by atomic mass is 32.2. The molecule has 0 aliphatic heterocycles. The minimum absolute atomic E-state index is 0.193. The molecule has 1 aliphatic carbocycles. The third kappa shape index (κ3) is 3.59. The van der Waals surface area contributed by atoms with Crippen LogP contribution in [0.3, 0.4) is 0 Å². The highest BCUT2D eigenvalue weighted by Gasteiger charge is 2.26. The second-order valence-corrected chi connectivity index (χ2v) is 6.74. The molecule has 1 aliphatic rings. The first-order chi connectivity index (χ1) is 9.41. The maximum absolute atomic E-state index is 12.1. The highest BCUT2D eigenvalue weighted by molar-refractivity contribution is 7.89. The van der Waals surface area contributed by atoms with Crippen LogP contribution in [0.1, 0.15) is 23.4 Å². The third-order valence-electron chi connectivity index (χ3n) is 3.06. The molecular formula is C12H17NO6S. The van der Waals surface area contributed by atoms with E-state index >= 15 is 0 Å². The summed E-state index contributed by atoms with van der Waals surface area (Å²) in [4.78, 5) is 10.7. The van der Waals surface area contributed by atoms with Crippen molar-refractivity contribution in [1.29, 1.82) is 0 Å². The summed E-state index contributed by atoms with van der Waals surface area (Å²) >= 11 is 0. The number of likely N-dealkylation sites (N-methyl/N-ethyl adjacent to an activating group) is 1. The Morgan fingerprint density at radius 3 is 2.75 bits per heavy atom. The lowest BCUT2D eigenvalue weighted by molar-refractivity contribution is 0.0656. The summed E-state index contributed by atoms with van der Waals surface area (Å²) in [7, 11) is -2.41. The van der Waals surface area contributed by atoms with E-state index in [1.54, 1.807) is 0 Å². The Morgan fingerprint density at radius 2 is 2.20 bits per heavy atom. The molecule has 1 N–H and O–H groups in total. The maximum Gasteiger partial charge on any atom is 0.371 e. The molecule has 0 unspecified atom stereocenters. The molecule has 1 saturated carbocycles. The van der Waals surface area contributed by atoms with E-state index in [4.69, 9.17) is 14.3 Å². The van der Waals surface area contributed by atoms with E-state index in [1.165, 1.54) is 19.9 Å². The maximum atomic E-state index is 12.1. The summed E-state index contributed by atoms with van der Waals surface area (Å²) in [6.45, 7) is 1.16. The molecule has 1 fully saturated rings. The van der Waals surface area contributed by atoms with Crippen molar-refractivity contribution < 1.29 is 27.5 Å². The number of rotatable bonds is 8. The molecule has 8 heteroatoms. The number of ether oxygens (including phenoxy) is 1. The van der Waals surface area contributed by atoms with Crippen LogP contribution >= 0.6 is 0 Å². The molecule has 1 aromatic rings. The van der Waals surface area contributed by atoms with Crippen LogP contribution < -0.4 is 0 Å². The molecule has 0 spiro atoms. The summed E-state index contributed by atoms with van der Waals surface area (Å²) in [5, 5.41) is 8.34. The number of aromatic carboxylic acids is 1. The van der Waals surface area contributed by atoms with Gasteiger partial charge >= 0.3 is 5.97 Å². The average molecular weight is 303 g/mol. The van der Waals surface area contributed by atoms with Gasteiger partial charge < -0.3 is 14.3 Å². The SMILES string of the molecule is CN(CCOCC1CC1)S(=O)(=O)c1ccc(C(=O)O)o1. The Balaban J connectivity index is 1.91. The van der Waals surface area contributed by atoms with E-state index in [0.717, 1.165) is 16.4 Å². The van der Waals surface area contributed by atoms with Gasteiger partial charge in [0, 0.05) is 20.2 Å². The van der Waals surface area contributed by atoms with Gasteiger partial charge in [0.15, 0.2) is 0 Å². The number of hydrogen-bond donors (Lipinski definition) is 1. The Bertz CT molecular complexity index is 575.